The van der Waals surface area contributed by atoms with Gasteiger partial charge in [-0.1, -0.05) is 6.07 Å². The van der Waals surface area contributed by atoms with Gasteiger partial charge in [0.2, 0.25) is 0 Å². The predicted molar refractivity (Wildman–Crippen MR) is 70.6 cm³/mol. The highest BCUT2D eigenvalue weighted by molar-refractivity contribution is 5.69. The number of ether oxygens (including phenoxy) is 2. The zero-order chi connectivity index (χ0) is 13.7. The molecule has 1 aromatic heterocycles. The Morgan fingerprint density at radius 1 is 1.58 bits per heavy atom. The van der Waals surface area contributed by atoms with Gasteiger partial charge in [0.05, 0.1) is 31.9 Å². The molecule has 0 bridgehead atoms. The lowest BCUT2D eigenvalue weighted by Crippen LogP contribution is -2.43. The summed E-state index contributed by atoms with van der Waals surface area (Å²) in [6.45, 7) is 5.04. The molecule has 104 valence electrons. The van der Waals surface area contributed by atoms with Crippen molar-refractivity contribution in [2.75, 3.05) is 26.8 Å². The van der Waals surface area contributed by atoms with Crippen molar-refractivity contribution in [2.45, 2.75) is 26.0 Å². The Labute approximate surface area is 113 Å². The van der Waals surface area contributed by atoms with Crippen molar-refractivity contribution in [1.29, 1.82) is 0 Å². The number of pyridine rings is 1. The molecule has 1 aliphatic rings. The number of hydrogen-bond donors (Lipinski definition) is 0. The Bertz CT molecular complexity index is 436. The molecule has 5 heteroatoms. The molecule has 1 saturated heterocycles. The summed E-state index contributed by atoms with van der Waals surface area (Å²) >= 11 is 0. The normalized spacial score (nSPS) is 20.2. The first-order chi connectivity index (χ1) is 9.17. The minimum absolute atomic E-state index is 0.0778. The molecule has 0 aliphatic carbocycles. The van der Waals surface area contributed by atoms with Crippen LogP contribution in [-0.4, -0.2) is 48.8 Å². The van der Waals surface area contributed by atoms with Gasteiger partial charge in [-0.2, -0.15) is 0 Å². The molecule has 2 heterocycles. The fraction of sp³-hybridized carbons (Fsp3) is 0.571. The molecule has 1 fully saturated rings. The van der Waals surface area contributed by atoms with E-state index in [0.29, 0.717) is 13.0 Å². The van der Waals surface area contributed by atoms with E-state index in [1.807, 2.05) is 25.1 Å². The molecular formula is C14H20N2O3. The lowest BCUT2D eigenvalue weighted by Gasteiger charge is -2.32. The van der Waals surface area contributed by atoms with Gasteiger partial charge in [0.25, 0.3) is 0 Å². The van der Waals surface area contributed by atoms with E-state index in [4.69, 9.17) is 4.74 Å². The topological polar surface area (TPSA) is 51.7 Å². The fourth-order valence-electron chi connectivity index (χ4n) is 2.23. The van der Waals surface area contributed by atoms with E-state index in [2.05, 4.69) is 14.6 Å². The average molecular weight is 264 g/mol. The molecule has 1 aromatic rings. The van der Waals surface area contributed by atoms with E-state index in [9.17, 15) is 4.79 Å². The first-order valence-electron chi connectivity index (χ1n) is 6.50. The number of methoxy groups -OCH3 is 1. The minimum atomic E-state index is -0.222. The number of carbonyl (C=O) groups is 1. The quantitative estimate of drug-likeness (QED) is 0.764. The van der Waals surface area contributed by atoms with Gasteiger partial charge in [-0.25, -0.2) is 0 Å². The molecule has 0 spiro atoms. The van der Waals surface area contributed by atoms with Gasteiger partial charge in [-0.15, -0.1) is 0 Å². The van der Waals surface area contributed by atoms with E-state index < -0.39 is 0 Å². The third kappa shape index (κ3) is 4.29. The monoisotopic (exact) mass is 264 g/mol. The first kappa shape index (κ1) is 14.0. The third-order valence-corrected chi connectivity index (χ3v) is 3.18. The zero-order valence-corrected chi connectivity index (χ0v) is 11.5. The van der Waals surface area contributed by atoms with E-state index in [0.717, 1.165) is 31.0 Å². The number of hydrogen-bond acceptors (Lipinski definition) is 5. The van der Waals surface area contributed by atoms with Crippen LogP contribution in [0.2, 0.25) is 0 Å². The summed E-state index contributed by atoms with van der Waals surface area (Å²) in [7, 11) is 1.40. The molecular weight excluding hydrogens is 244 g/mol. The van der Waals surface area contributed by atoms with Crippen molar-refractivity contribution < 1.29 is 14.3 Å². The number of aryl methyl sites for hydroxylation is 1. The number of morpholine rings is 1. The van der Waals surface area contributed by atoms with Gasteiger partial charge in [0.1, 0.15) is 0 Å². The molecule has 0 saturated carbocycles. The molecule has 1 atom stereocenters. The number of nitrogens with zero attached hydrogens (tertiary/aromatic N) is 2. The second-order valence-corrected chi connectivity index (χ2v) is 4.78. The second kappa shape index (κ2) is 6.63. The highest BCUT2D eigenvalue weighted by Gasteiger charge is 2.23. The molecule has 0 aromatic carbocycles. The van der Waals surface area contributed by atoms with Crippen LogP contribution in [0, 0.1) is 6.92 Å². The Balaban J connectivity index is 1.89. The number of rotatable bonds is 4. The summed E-state index contributed by atoms with van der Waals surface area (Å²) in [4.78, 5) is 18.0. The summed E-state index contributed by atoms with van der Waals surface area (Å²) in [5.41, 5.74) is 2.08. The molecule has 1 aliphatic heterocycles. The molecule has 0 amide bonds. The van der Waals surface area contributed by atoms with Crippen LogP contribution < -0.4 is 0 Å². The molecule has 0 radical (unpaired) electrons. The van der Waals surface area contributed by atoms with Crippen LogP contribution in [0.4, 0.5) is 0 Å². The number of esters is 1. The Hall–Kier alpha value is -1.46. The highest BCUT2D eigenvalue weighted by Crippen LogP contribution is 2.12. The van der Waals surface area contributed by atoms with Crippen LogP contribution in [0.1, 0.15) is 17.8 Å². The lowest BCUT2D eigenvalue weighted by molar-refractivity contribution is -0.145. The zero-order valence-electron chi connectivity index (χ0n) is 11.5. The predicted octanol–water partition coefficient (Wildman–Crippen LogP) is 1.15. The van der Waals surface area contributed by atoms with Crippen molar-refractivity contribution in [1.82, 2.24) is 9.88 Å². The summed E-state index contributed by atoms with van der Waals surface area (Å²) in [5.74, 6) is -0.222. The first-order valence-corrected chi connectivity index (χ1v) is 6.50. The van der Waals surface area contributed by atoms with Gasteiger partial charge < -0.3 is 9.47 Å². The van der Waals surface area contributed by atoms with Crippen LogP contribution in [0.3, 0.4) is 0 Å². The Morgan fingerprint density at radius 2 is 2.42 bits per heavy atom. The fourth-order valence-corrected chi connectivity index (χ4v) is 2.23. The van der Waals surface area contributed by atoms with Crippen molar-refractivity contribution in [2.24, 2.45) is 0 Å². The molecule has 0 N–H and O–H groups in total. The van der Waals surface area contributed by atoms with Crippen molar-refractivity contribution in [3.8, 4) is 0 Å². The second-order valence-electron chi connectivity index (χ2n) is 4.78. The van der Waals surface area contributed by atoms with Crippen molar-refractivity contribution >= 4 is 5.97 Å². The maximum atomic E-state index is 11.3. The minimum Gasteiger partial charge on any atom is -0.469 e. The average Bonchev–Trinajstić information content (AvgIpc) is 2.39. The number of carbonyl (C=O) groups excluding carboxylic acids is 1. The highest BCUT2D eigenvalue weighted by atomic mass is 16.5. The van der Waals surface area contributed by atoms with E-state index >= 15 is 0 Å². The van der Waals surface area contributed by atoms with Crippen molar-refractivity contribution in [3.05, 3.63) is 29.6 Å². The molecule has 19 heavy (non-hydrogen) atoms. The standard InChI is InChI=1S/C14H20N2O3/c1-11-4-3-5-12(15-11)9-16-6-7-19-13(10-16)8-14(17)18-2/h3-5,13H,6-10H2,1-2H3. The van der Waals surface area contributed by atoms with E-state index in [-0.39, 0.29) is 12.1 Å². The van der Waals surface area contributed by atoms with E-state index in [1.165, 1.54) is 7.11 Å². The summed E-state index contributed by atoms with van der Waals surface area (Å²) in [5, 5.41) is 0. The van der Waals surface area contributed by atoms with Crippen LogP contribution in [0.15, 0.2) is 18.2 Å². The van der Waals surface area contributed by atoms with Crippen LogP contribution >= 0.6 is 0 Å². The van der Waals surface area contributed by atoms with Gasteiger partial charge in [0, 0.05) is 25.3 Å². The summed E-state index contributed by atoms with van der Waals surface area (Å²) in [6, 6.07) is 6.03. The van der Waals surface area contributed by atoms with Gasteiger partial charge in [-0.05, 0) is 19.1 Å². The third-order valence-electron chi connectivity index (χ3n) is 3.18. The maximum absolute atomic E-state index is 11.3. The van der Waals surface area contributed by atoms with E-state index in [1.54, 1.807) is 0 Å². The molecule has 2 rings (SSSR count). The van der Waals surface area contributed by atoms with Crippen molar-refractivity contribution in [3.63, 3.8) is 0 Å². The Morgan fingerprint density at radius 3 is 3.16 bits per heavy atom. The molecule has 1 unspecified atom stereocenters. The molecule has 5 nitrogen and oxygen atoms in total. The SMILES string of the molecule is COC(=O)CC1CN(Cc2cccc(C)n2)CCO1. The van der Waals surface area contributed by atoms with Crippen LogP contribution in [0.25, 0.3) is 0 Å². The van der Waals surface area contributed by atoms with Gasteiger partial charge in [-0.3, -0.25) is 14.7 Å². The Kier molecular flexibility index (Phi) is 4.87. The smallest absolute Gasteiger partial charge is 0.308 e. The van der Waals surface area contributed by atoms with Gasteiger partial charge >= 0.3 is 5.97 Å². The summed E-state index contributed by atoms with van der Waals surface area (Å²) < 4.78 is 10.3. The lowest BCUT2D eigenvalue weighted by atomic mass is 10.2. The number of aromatic nitrogens is 1. The van der Waals surface area contributed by atoms with Crippen LogP contribution in [0.5, 0.6) is 0 Å². The van der Waals surface area contributed by atoms with Crippen LogP contribution in [-0.2, 0) is 20.8 Å². The summed E-state index contributed by atoms with van der Waals surface area (Å²) in [6.07, 6.45) is 0.236. The largest absolute Gasteiger partial charge is 0.469 e. The van der Waals surface area contributed by atoms with Gasteiger partial charge in [0.15, 0.2) is 0 Å². The maximum Gasteiger partial charge on any atom is 0.308 e.